The molecule has 0 fully saturated rings. The second-order valence-electron chi connectivity index (χ2n) is 3.13. The van der Waals surface area contributed by atoms with Gasteiger partial charge < -0.3 is 4.79 Å². The van der Waals surface area contributed by atoms with Gasteiger partial charge in [-0.15, -0.1) is 0 Å². The zero-order valence-electron chi connectivity index (χ0n) is 7.31. The van der Waals surface area contributed by atoms with E-state index in [2.05, 4.69) is 13.8 Å². The molecular formula is C9H18O. The van der Waals surface area contributed by atoms with E-state index in [-0.39, 0.29) is 0 Å². The molecule has 0 rings (SSSR count). The molecular weight excluding hydrogens is 124 g/mol. The molecule has 1 heteroatoms. The molecule has 10 heavy (non-hydrogen) atoms. The first kappa shape index (κ1) is 9.67. The van der Waals surface area contributed by atoms with Crippen LogP contribution >= 0.6 is 0 Å². The summed E-state index contributed by atoms with van der Waals surface area (Å²) >= 11 is 0. The van der Waals surface area contributed by atoms with Gasteiger partial charge in [0.25, 0.3) is 0 Å². The topological polar surface area (TPSA) is 17.1 Å². The third-order valence-corrected chi connectivity index (χ3v) is 1.77. The Kier molecular flexibility index (Phi) is 5.27. The summed E-state index contributed by atoms with van der Waals surface area (Å²) in [6, 6.07) is 0. The Morgan fingerprint density at radius 2 is 2.00 bits per heavy atom. The smallest absolute Gasteiger partial charge is 0.129 e. The van der Waals surface area contributed by atoms with E-state index in [9.17, 15) is 4.79 Å². The summed E-state index contributed by atoms with van der Waals surface area (Å²) in [7, 11) is 0. The SMILES string of the molecule is CCC[C@@H](C)CCC(C)=O. The van der Waals surface area contributed by atoms with Crippen molar-refractivity contribution < 1.29 is 4.79 Å². The van der Waals surface area contributed by atoms with E-state index in [1.165, 1.54) is 12.8 Å². The fraction of sp³-hybridized carbons (Fsp3) is 0.889. The van der Waals surface area contributed by atoms with Crippen LogP contribution in [0.3, 0.4) is 0 Å². The quantitative estimate of drug-likeness (QED) is 0.577. The van der Waals surface area contributed by atoms with Crippen LogP contribution in [0.1, 0.15) is 46.5 Å². The maximum Gasteiger partial charge on any atom is 0.129 e. The van der Waals surface area contributed by atoms with E-state index in [0.29, 0.717) is 5.78 Å². The van der Waals surface area contributed by atoms with Crippen molar-refractivity contribution in [2.75, 3.05) is 0 Å². The largest absolute Gasteiger partial charge is 0.300 e. The lowest BCUT2D eigenvalue weighted by Crippen LogP contribution is -1.98. The van der Waals surface area contributed by atoms with Crippen molar-refractivity contribution in [1.82, 2.24) is 0 Å². The highest BCUT2D eigenvalue weighted by atomic mass is 16.1. The van der Waals surface area contributed by atoms with Crippen LogP contribution in [0.2, 0.25) is 0 Å². The van der Waals surface area contributed by atoms with Crippen molar-refractivity contribution in [3.05, 3.63) is 0 Å². The number of carbonyl (C=O) groups excluding carboxylic acids is 1. The highest BCUT2D eigenvalue weighted by Crippen LogP contribution is 2.11. The predicted octanol–water partition coefficient (Wildman–Crippen LogP) is 2.79. The fourth-order valence-corrected chi connectivity index (χ4v) is 1.09. The van der Waals surface area contributed by atoms with Crippen molar-refractivity contribution in [1.29, 1.82) is 0 Å². The van der Waals surface area contributed by atoms with Gasteiger partial charge in [0.2, 0.25) is 0 Å². The van der Waals surface area contributed by atoms with Crippen LogP contribution in [-0.4, -0.2) is 5.78 Å². The zero-order valence-corrected chi connectivity index (χ0v) is 7.31. The van der Waals surface area contributed by atoms with E-state index < -0.39 is 0 Å². The number of carbonyl (C=O) groups is 1. The van der Waals surface area contributed by atoms with Crippen molar-refractivity contribution >= 4 is 5.78 Å². The molecule has 0 heterocycles. The van der Waals surface area contributed by atoms with Crippen LogP contribution < -0.4 is 0 Å². The summed E-state index contributed by atoms with van der Waals surface area (Å²) in [5.41, 5.74) is 0. The number of rotatable bonds is 5. The Bertz CT molecular complexity index is 96.9. The highest BCUT2D eigenvalue weighted by molar-refractivity contribution is 5.75. The molecule has 0 aliphatic heterocycles. The first-order valence-electron chi connectivity index (χ1n) is 4.16. The molecule has 1 nitrogen and oxygen atoms in total. The molecule has 0 aromatic heterocycles. The lowest BCUT2D eigenvalue weighted by atomic mass is 9.99. The van der Waals surface area contributed by atoms with Gasteiger partial charge in [0.15, 0.2) is 0 Å². The van der Waals surface area contributed by atoms with Crippen LogP contribution in [0.25, 0.3) is 0 Å². The van der Waals surface area contributed by atoms with E-state index in [4.69, 9.17) is 0 Å². The van der Waals surface area contributed by atoms with Crippen LogP contribution in [0.15, 0.2) is 0 Å². The molecule has 0 aromatic carbocycles. The molecule has 0 N–H and O–H groups in total. The molecule has 0 amide bonds. The molecule has 0 unspecified atom stereocenters. The summed E-state index contributed by atoms with van der Waals surface area (Å²) in [5, 5.41) is 0. The van der Waals surface area contributed by atoms with Crippen molar-refractivity contribution in [3.63, 3.8) is 0 Å². The summed E-state index contributed by atoms with van der Waals surface area (Å²) < 4.78 is 0. The standard InChI is InChI=1S/C9H18O/c1-4-5-8(2)6-7-9(3)10/h8H,4-7H2,1-3H3/t8-/m1/s1. The molecule has 60 valence electrons. The Morgan fingerprint density at radius 3 is 2.40 bits per heavy atom. The first-order valence-corrected chi connectivity index (χ1v) is 4.16. The second-order valence-corrected chi connectivity index (χ2v) is 3.13. The van der Waals surface area contributed by atoms with E-state index in [1.54, 1.807) is 6.92 Å². The van der Waals surface area contributed by atoms with Gasteiger partial charge in [-0.3, -0.25) is 0 Å². The molecule has 0 saturated heterocycles. The van der Waals surface area contributed by atoms with Crippen molar-refractivity contribution in [3.8, 4) is 0 Å². The minimum Gasteiger partial charge on any atom is -0.300 e. The Morgan fingerprint density at radius 1 is 1.40 bits per heavy atom. The molecule has 0 aliphatic carbocycles. The summed E-state index contributed by atoms with van der Waals surface area (Å²) in [4.78, 5) is 10.6. The Hall–Kier alpha value is -0.330. The third-order valence-electron chi connectivity index (χ3n) is 1.77. The maximum absolute atomic E-state index is 10.6. The minimum atomic E-state index is 0.322. The fourth-order valence-electron chi connectivity index (χ4n) is 1.09. The molecule has 0 spiro atoms. The Labute approximate surface area is 63.8 Å². The van der Waals surface area contributed by atoms with Gasteiger partial charge in [-0.2, -0.15) is 0 Å². The van der Waals surface area contributed by atoms with E-state index >= 15 is 0 Å². The number of hydrogen-bond donors (Lipinski definition) is 0. The van der Waals surface area contributed by atoms with E-state index in [1.807, 2.05) is 0 Å². The van der Waals surface area contributed by atoms with Gasteiger partial charge in [0, 0.05) is 6.42 Å². The lowest BCUT2D eigenvalue weighted by Gasteiger charge is -2.06. The summed E-state index contributed by atoms with van der Waals surface area (Å²) in [6.07, 6.45) is 4.33. The van der Waals surface area contributed by atoms with Crippen molar-refractivity contribution in [2.24, 2.45) is 5.92 Å². The molecule has 1 atom stereocenters. The first-order chi connectivity index (χ1) is 4.66. The molecule has 0 aromatic rings. The average molecular weight is 142 g/mol. The van der Waals surface area contributed by atoms with Gasteiger partial charge in [0.05, 0.1) is 0 Å². The molecule has 0 bridgehead atoms. The number of hydrogen-bond acceptors (Lipinski definition) is 1. The van der Waals surface area contributed by atoms with Crippen LogP contribution in [0.5, 0.6) is 0 Å². The number of ketones is 1. The third kappa shape index (κ3) is 5.80. The van der Waals surface area contributed by atoms with Gasteiger partial charge >= 0.3 is 0 Å². The van der Waals surface area contributed by atoms with Gasteiger partial charge in [-0.1, -0.05) is 26.7 Å². The van der Waals surface area contributed by atoms with Crippen LogP contribution in [-0.2, 0) is 4.79 Å². The molecule has 0 aliphatic rings. The van der Waals surface area contributed by atoms with Gasteiger partial charge in [-0.05, 0) is 19.3 Å². The summed E-state index contributed by atoms with van der Waals surface area (Å²) in [6.45, 7) is 6.06. The summed E-state index contributed by atoms with van der Waals surface area (Å²) in [5.74, 6) is 1.05. The zero-order chi connectivity index (χ0) is 7.98. The predicted molar refractivity (Wildman–Crippen MR) is 44.0 cm³/mol. The molecule has 0 radical (unpaired) electrons. The Balaban J connectivity index is 3.21. The van der Waals surface area contributed by atoms with Gasteiger partial charge in [0.1, 0.15) is 5.78 Å². The average Bonchev–Trinajstić information content (AvgIpc) is 1.85. The number of Topliss-reactive ketones (excluding diaryl/α,β-unsaturated/α-hetero) is 1. The normalized spacial score (nSPS) is 13.1. The van der Waals surface area contributed by atoms with E-state index in [0.717, 1.165) is 18.8 Å². The second kappa shape index (κ2) is 5.45. The minimum absolute atomic E-state index is 0.322. The monoisotopic (exact) mass is 142 g/mol. The van der Waals surface area contributed by atoms with Crippen molar-refractivity contribution in [2.45, 2.75) is 46.5 Å². The lowest BCUT2D eigenvalue weighted by molar-refractivity contribution is -0.117. The highest BCUT2D eigenvalue weighted by Gasteiger charge is 2.01. The van der Waals surface area contributed by atoms with Crippen LogP contribution in [0, 0.1) is 5.92 Å². The van der Waals surface area contributed by atoms with Crippen LogP contribution in [0.4, 0.5) is 0 Å². The maximum atomic E-state index is 10.6. The molecule has 0 saturated carbocycles. The van der Waals surface area contributed by atoms with Gasteiger partial charge in [-0.25, -0.2) is 0 Å².